The zero-order chi connectivity index (χ0) is 9.80. The molecule has 0 radical (unpaired) electrons. The maximum atomic E-state index is 4.06. The first-order chi connectivity index (χ1) is 6.86. The summed E-state index contributed by atoms with van der Waals surface area (Å²) in [5.41, 5.74) is 2.47. The van der Waals surface area contributed by atoms with E-state index in [1.54, 1.807) is 17.5 Å². The van der Waals surface area contributed by atoms with E-state index in [1.165, 1.54) is 10.4 Å². The molecule has 0 aromatic carbocycles. The van der Waals surface area contributed by atoms with Crippen LogP contribution < -0.4 is 0 Å². The fraction of sp³-hybridized carbons (Fsp3) is 0.0833. The average Bonchev–Trinajstić information content (AvgIpc) is 2.63. The minimum atomic E-state index is 1.14. The summed E-state index contributed by atoms with van der Waals surface area (Å²) in [6.07, 6.45) is 7.87. The van der Waals surface area contributed by atoms with Crippen LogP contribution in [0.25, 0.3) is 12.2 Å². The average molecular weight is 201 g/mol. The Morgan fingerprint density at radius 1 is 1.29 bits per heavy atom. The Morgan fingerprint density at radius 2 is 2.21 bits per heavy atom. The van der Waals surface area contributed by atoms with Gasteiger partial charge in [-0.05, 0) is 41.6 Å². The molecule has 0 N–H and O–H groups in total. The Bertz CT molecular complexity index is 429. The first-order valence-electron chi connectivity index (χ1n) is 4.48. The van der Waals surface area contributed by atoms with Gasteiger partial charge in [-0.25, -0.2) is 0 Å². The Kier molecular flexibility index (Phi) is 2.75. The summed E-state index contributed by atoms with van der Waals surface area (Å²) in [5.74, 6) is 0. The second-order valence-electron chi connectivity index (χ2n) is 3.09. The van der Waals surface area contributed by atoms with E-state index < -0.39 is 0 Å². The minimum Gasteiger partial charge on any atom is -0.264 e. The number of thiophene rings is 1. The molecule has 2 heterocycles. The van der Waals surface area contributed by atoms with Crippen LogP contribution in [0.1, 0.15) is 16.0 Å². The molecule has 1 nitrogen and oxygen atoms in total. The van der Waals surface area contributed by atoms with Crippen LogP contribution in [-0.2, 0) is 0 Å². The van der Waals surface area contributed by atoms with E-state index in [0.29, 0.717) is 0 Å². The largest absolute Gasteiger partial charge is 0.264 e. The molecule has 0 fully saturated rings. The zero-order valence-electron chi connectivity index (χ0n) is 7.97. The van der Waals surface area contributed by atoms with Gasteiger partial charge in [0.15, 0.2) is 0 Å². The number of pyridine rings is 1. The van der Waals surface area contributed by atoms with E-state index in [0.717, 1.165) is 5.56 Å². The SMILES string of the molecule is Cc1ccsc1C=Cc1cccnc1. The maximum absolute atomic E-state index is 4.06. The van der Waals surface area contributed by atoms with Gasteiger partial charge >= 0.3 is 0 Å². The number of rotatable bonds is 2. The van der Waals surface area contributed by atoms with E-state index in [4.69, 9.17) is 0 Å². The zero-order valence-corrected chi connectivity index (χ0v) is 8.79. The number of hydrogen-bond acceptors (Lipinski definition) is 2. The molecule has 70 valence electrons. The number of aryl methyl sites for hydroxylation is 1. The Morgan fingerprint density at radius 3 is 2.86 bits per heavy atom. The van der Waals surface area contributed by atoms with Crippen LogP contribution >= 0.6 is 11.3 Å². The molecule has 0 saturated heterocycles. The molecule has 0 amide bonds. The summed E-state index contributed by atoms with van der Waals surface area (Å²) in [5, 5.41) is 2.11. The maximum Gasteiger partial charge on any atom is 0.0340 e. The minimum absolute atomic E-state index is 1.14. The lowest BCUT2D eigenvalue weighted by molar-refractivity contribution is 1.32. The van der Waals surface area contributed by atoms with Crippen molar-refractivity contribution in [1.29, 1.82) is 0 Å². The van der Waals surface area contributed by atoms with Crippen molar-refractivity contribution in [3.63, 3.8) is 0 Å². The standard InChI is InChI=1S/C12H11NS/c1-10-6-8-14-12(10)5-4-11-3-2-7-13-9-11/h2-9H,1H3. The summed E-state index contributed by atoms with van der Waals surface area (Å²) >= 11 is 1.76. The second-order valence-corrected chi connectivity index (χ2v) is 4.04. The first-order valence-corrected chi connectivity index (χ1v) is 5.36. The van der Waals surface area contributed by atoms with Crippen molar-refractivity contribution in [3.05, 3.63) is 52.0 Å². The van der Waals surface area contributed by atoms with Crippen molar-refractivity contribution in [3.8, 4) is 0 Å². The second kappa shape index (κ2) is 4.20. The third-order valence-corrected chi connectivity index (χ3v) is 3.00. The molecule has 2 heteroatoms. The quantitative estimate of drug-likeness (QED) is 0.723. The third-order valence-electron chi connectivity index (χ3n) is 2.01. The fourth-order valence-corrected chi connectivity index (χ4v) is 2.02. The Labute approximate surface area is 87.8 Å². The van der Waals surface area contributed by atoms with Gasteiger partial charge < -0.3 is 0 Å². The smallest absolute Gasteiger partial charge is 0.0340 e. The normalized spacial score (nSPS) is 10.9. The van der Waals surface area contributed by atoms with Gasteiger partial charge in [0.25, 0.3) is 0 Å². The van der Waals surface area contributed by atoms with Gasteiger partial charge in [-0.15, -0.1) is 11.3 Å². The number of aromatic nitrogens is 1. The van der Waals surface area contributed by atoms with E-state index >= 15 is 0 Å². The van der Waals surface area contributed by atoms with Crippen LogP contribution in [0.2, 0.25) is 0 Å². The number of hydrogen-bond donors (Lipinski definition) is 0. The van der Waals surface area contributed by atoms with Gasteiger partial charge in [-0.1, -0.05) is 12.1 Å². The predicted octanol–water partition coefficient (Wildman–Crippen LogP) is 3.62. The fourth-order valence-electron chi connectivity index (χ4n) is 1.20. The highest BCUT2D eigenvalue weighted by Crippen LogP contribution is 2.18. The molecule has 2 rings (SSSR count). The summed E-state index contributed by atoms with van der Waals surface area (Å²) in [4.78, 5) is 5.37. The molecule has 2 aromatic heterocycles. The molecule has 0 unspecified atom stereocenters. The van der Waals surface area contributed by atoms with Crippen molar-refractivity contribution in [2.45, 2.75) is 6.92 Å². The molecular weight excluding hydrogens is 190 g/mol. The van der Waals surface area contributed by atoms with Crippen molar-refractivity contribution >= 4 is 23.5 Å². The summed E-state index contributed by atoms with van der Waals surface area (Å²) < 4.78 is 0. The van der Waals surface area contributed by atoms with Crippen molar-refractivity contribution < 1.29 is 0 Å². The van der Waals surface area contributed by atoms with E-state index in [2.05, 4.69) is 35.5 Å². The Balaban J connectivity index is 2.20. The van der Waals surface area contributed by atoms with Crippen LogP contribution in [0.4, 0.5) is 0 Å². The highest BCUT2D eigenvalue weighted by molar-refractivity contribution is 7.11. The lowest BCUT2D eigenvalue weighted by Gasteiger charge is -1.91. The van der Waals surface area contributed by atoms with Crippen LogP contribution in [0, 0.1) is 6.92 Å². The molecule has 0 saturated carbocycles. The molecule has 0 aliphatic carbocycles. The highest BCUT2D eigenvalue weighted by atomic mass is 32.1. The van der Waals surface area contributed by atoms with E-state index in [1.807, 2.05) is 18.3 Å². The molecule has 0 spiro atoms. The van der Waals surface area contributed by atoms with Crippen molar-refractivity contribution in [2.75, 3.05) is 0 Å². The van der Waals surface area contributed by atoms with Crippen LogP contribution in [0.5, 0.6) is 0 Å². The summed E-state index contributed by atoms with van der Waals surface area (Å²) in [6.45, 7) is 2.12. The first kappa shape index (κ1) is 9.16. The van der Waals surface area contributed by atoms with Gasteiger partial charge in [0.05, 0.1) is 0 Å². The predicted molar refractivity (Wildman–Crippen MR) is 62.2 cm³/mol. The topological polar surface area (TPSA) is 12.9 Å². The summed E-state index contributed by atoms with van der Waals surface area (Å²) in [7, 11) is 0. The van der Waals surface area contributed by atoms with Crippen LogP contribution in [0.15, 0.2) is 36.0 Å². The third kappa shape index (κ3) is 2.09. The van der Waals surface area contributed by atoms with E-state index in [-0.39, 0.29) is 0 Å². The lowest BCUT2D eigenvalue weighted by atomic mass is 10.2. The molecular formula is C12H11NS. The highest BCUT2D eigenvalue weighted by Gasteiger charge is 1.93. The molecule has 0 aliphatic heterocycles. The molecule has 0 bridgehead atoms. The van der Waals surface area contributed by atoms with Gasteiger partial charge in [0.1, 0.15) is 0 Å². The number of nitrogens with zero attached hydrogens (tertiary/aromatic N) is 1. The summed E-state index contributed by atoms with van der Waals surface area (Å²) in [6, 6.07) is 6.13. The van der Waals surface area contributed by atoms with Crippen LogP contribution in [0.3, 0.4) is 0 Å². The molecule has 14 heavy (non-hydrogen) atoms. The Hall–Kier alpha value is -1.41. The van der Waals surface area contributed by atoms with Gasteiger partial charge in [-0.3, -0.25) is 4.98 Å². The van der Waals surface area contributed by atoms with Gasteiger partial charge in [-0.2, -0.15) is 0 Å². The van der Waals surface area contributed by atoms with Gasteiger partial charge in [0.2, 0.25) is 0 Å². The van der Waals surface area contributed by atoms with Crippen molar-refractivity contribution in [1.82, 2.24) is 4.98 Å². The lowest BCUT2D eigenvalue weighted by Crippen LogP contribution is -1.73. The van der Waals surface area contributed by atoms with Crippen molar-refractivity contribution in [2.24, 2.45) is 0 Å². The van der Waals surface area contributed by atoms with E-state index in [9.17, 15) is 0 Å². The molecule has 0 aliphatic rings. The molecule has 2 aromatic rings. The van der Waals surface area contributed by atoms with Crippen LogP contribution in [-0.4, -0.2) is 4.98 Å². The molecule has 0 atom stereocenters. The van der Waals surface area contributed by atoms with Gasteiger partial charge in [0, 0.05) is 17.3 Å². The monoisotopic (exact) mass is 201 g/mol.